The van der Waals surface area contributed by atoms with Gasteiger partial charge in [0, 0.05) is 90.4 Å². The van der Waals surface area contributed by atoms with E-state index in [0.717, 1.165) is 46.3 Å². The standard InChI is InChI=1S/C51H69N5O9.C2HF3O2/c1-7-47(60)27-32-28-50(45(58)63-5,41-35(18-23-55(29-32)31-47)34-16-11-12-17-38(34)53-41)37-25-36-39(26-40(37)62-4)54(3)43-49(36)20-24-56-22-14-19-48(8-2,42(49)56)44(51(43,61)46(59)64-6)65-30-33(57)15-10-9-13-21-52;3-2(4,5)1(6)7/h11-12,14,16-17,19,25-26,32,42-44,53,60-61H,7-10,13,15,18,20-24,27-31,52H2,1-6H3;(H,6,7)/t32-,42-,43+,44+,47-,48+,49+,50-,51-;/m0./s1. The van der Waals surface area contributed by atoms with Gasteiger partial charge in [-0.3, -0.25) is 19.4 Å². The third-order valence-electron chi connectivity index (χ3n) is 17.1. The van der Waals surface area contributed by atoms with E-state index in [2.05, 4.69) is 46.0 Å². The number of hydrogen-bond acceptors (Lipinski definition) is 14. The molecule has 0 amide bonds. The van der Waals surface area contributed by atoms with Gasteiger partial charge in [-0.1, -0.05) is 50.6 Å². The largest absolute Gasteiger partial charge is 0.496 e. The van der Waals surface area contributed by atoms with E-state index >= 15 is 4.79 Å². The molecule has 2 saturated heterocycles. The fourth-order valence-electron chi connectivity index (χ4n) is 14.3. The molecule has 1 saturated carbocycles. The van der Waals surface area contributed by atoms with Gasteiger partial charge in [0.15, 0.2) is 5.78 Å². The molecule has 2 bridgehead atoms. The Morgan fingerprint density at radius 3 is 2.31 bits per heavy atom. The van der Waals surface area contributed by atoms with Gasteiger partial charge in [0.2, 0.25) is 5.60 Å². The van der Waals surface area contributed by atoms with Gasteiger partial charge >= 0.3 is 24.1 Å². The van der Waals surface area contributed by atoms with Crippen LogP contribution in [0.1, 0.15) is 94.0 Å². The van der Waals surface area contributed by atoms with Crippen molar-refractivity contribution in [3.8, 4) is 5.75 Å². The molecule has 19 heteroatoms. The van der Waals surface area contributed by atoms with Crippen molar-refractivity contribution in [1.29, 1.82) is 0 Å². The number of fused-ring (bicyclic) bond motifs is 6. The molecule has 6 N–H and O–H groups in total. The molecule has 3 aromatic rings. The van der Waals surface area contributed by atoms with Crippen LogP contribution in [0.4, 0.5) is 18.9 Å². The number of benzene rings is 2. The Balaban J connectivity index is 0.000000923. The van der Waals surface area contributed by atoms with Crippen molar-refractivity contribution >= 4 is 40.3 Å². The summed E-state index contributed by atoms with van der Waals surface area (Å²) in [5.41, 5.74) is 4.26. The Labute approximate surface area is 417 Å². The molecule has 16 nitrogen and oxygen atoms in total. The van der Waals surface area contributed by atoms with Crippen LogP contribution < -0.4 is 15.4 Å². The Morgan fingerprint density at radius 1 is 0.931 bits per heavy atom. The number of hydrogen-bond donors (Lipinski definition) is 5. The minimum absolute atomic E-state index is 0.101. The van der Waals surface area contributed by atoms with Crippen LogP contribution >= 0.6 is 0 Å². The minimum atomic E-state index is -5.08. The van der Waals surface area contributed by atoms with Crippen molar-refractivity contribution in [3.63, 3.8) is 0 Å². The highest BCUT2D eigenvalue weighted by atomic mass is 19.4. The van der Waals surface area contributed by atoms with Gasteiger partial charge in [0.1, 0.15) is 23.9 Å². The second kappa shape index (κ2) is 20.0. The SMILES string of the molecule is CC[C@]1(O)C[C@@H]2CN(CCc3c([nH]c4ccccc34)[C@@](C(=O)OC)(c3cc4c(cc3OC)N(C)[C@H]3[C@@](O)(C(=O)OC)[C@H](OCC(=O)CCCCCN)[C@]5(CC)C=CCN6CC[C@]43[C@@H]65)C2)C1.O=C(O)C(F)(F)F. The number of aliphatic hydroxyl groups is 2. The number of rotatable bonds is 14. The zero-order chi connectivity index (χ0) is 52.2. The number of likely N-dealkylation sites (N-methyl/N-ethyl adjacent to an activating group) is 1. The van der Waals surface area contributed by atoms with Crippen LogP contribution in [0.15, 0.2) is 48.6 Å². The molecule has 1 unspecified atom stereocenters. The third kappa shape index (κ3) is 8.39. The van der Waals surface area contributed by atoms with E-state index in [1.807, 2.05) is 43.1 Å². The van der Waals surface area contributed by atoms with Crippen molar-refractivity contribution in [2.75, 3.05) is 79.2 Å². The number of piperidine rings is 1. The number of nitrogens with one attached hydrogen (secondary N) is 1. The van der Waals surface area contributed by atoms with Crippen molar-refractivity contribution < 1.29 is 66.6 Å². The number of para-hydroxylation sites is 1. The zero-order valence-electron chi connectivity index (χ0n) is 42.1. The lowest BCUT2D eigenvalue weighted by molar-refractivity contribution is -0.230. The summed E-state index contributed by atoms with van der Waals surface area (Å²) < 4.78 is 56.5. The number of carboxylic acids is 1. The summed E-state index contributed by atoms with van der Waals surface area (Å²) >= 11 is 0. The van der Waals surface area contributed by atoms with Crippen LogP contribution in [-0.4, -0.2) is 164 Å². The van der Waals surface area contributed by atoms with Crippen LogP contribution in [0.2, 0.25) is 0 Å². The summed E-state index contributed by atoms with van der Waals surface area (Å²) in [5.74, 6) is -3.75. The lowest BCUT2D eigenvalue weighted by atomic mass is 9.47. The first-order valence-corrected chi connectivity index (χ1v) is 25.2. The molecule has 2 aromatic carbocycles. The van der Waals surface area contributed by atoms with Crippen molar-refractivity contribution in [3.05, 3.63) is 70.9 Å². The Morgan fingerprint density at radius 2 is 1.65 bits per heavy atom. The predicted molar refractivity (Wildman–Crippen MR) is 261 cm³/mol. The molecule has 0 radical (unpaired) electrons. The van der Waals surface area contributed by atoms with Crippen LogP contribution in [0, 0.1) is 11.3 Å². The summed E-state index contributed by atoms with van der Waals surface area (Å²) in [7, 11) is 6.25. The number of halogens is 3. The molecule has 72 heavy (non-hydrogen) atoms. The highest BCUT2D eigenvalue weighted by molar-refractivity contribution is 5.95. The lowest BCUT2D eigenvalue weighted by Crippen LogP contribution is -2.81. The van der Waals surface area contributed by atoms with E-state index in [1.165, 1.54) is 14.2 Å². The van der Waals surface area contributed by atoms with Crippen LogP contribution in [0.3, 0.4) is 0 Å². The fourth-order valence-corrected chi connectivity index (χ4v) is 14.3. The predicted octanol–water partition coefficient (Wildman–Crippen LogP) is 5.17. The van der Waals surface area contributed by atoms with Crippen molar-refractivity contribution in [2.24, 2.45) is 17.1 Å². The van der Waals surface area contributed by atoms with Gasteiger partial charge in [-0.25, -0.2) is 9.59 Å². The Bertz CT molecular complexity index is 2590. The number of esters is 2. The van der Waals surface area contributed by atoms with Gasteiger partial charge in [0.25, 0.3) is 0 Å². The number of ether oxygens (including phenoxy) is 4. The molecule has 394 valence electrons. The smallest absolute Gasteiger partial charge is 0.490 e. The molecular formula is C53H70F3N5O11. The van der Waals surface area contributed by atoms with Gasteiger partial charge < -0.3 is 49.9 Å². The second-order valence-electron chi connectivity index (χ2n) is 20.8. The molecular weight excluding hydrogens is 940 g/mol. The van der Waals surface area contributed by atoms with Gasteiger partial charge in [-0.15, -0.1) is 0 Å². The molecule has 10 atom stereocenters. The zero-order valence-corrected chi connectivity index (χ0v) is 42.1. The summed E-state index contributed by atoms with van der Waals surface area (Å²) in [4.78, 5) is 63.1. The maximum atomic E-state index is 15.4. The molecule has 3 fully saturated rings. The molecule has 1 spiro atoms. The summed E-state index contributed by atoms with van der Waals surface area (Å²) in [6.07, 6.45) is 3.81. The van der Waals surface area contributed by atoms with Crippen LogP contribution in [0.25, 0.3) is 10.9 Å². The molecule has 6 aliphatic rings. The first-order chi connectivity index (χ1) is 34.2. The number of nitrogens with two attached hydrogens (primary N) is 1. The number of unbranched alkanes of at least 4 members (excludes halogenated alkanes) is 2. The fraction of sp³-hybridized carbons (Fsp3) is 0.623. The number of alkyl halides is 3. The number of Topliss-reactive ketones (excluding diaryl/α,β-unsaturated/α-hetero) is 1. The first kappa shape index (κ1) is 53.2. The summed E-state index contributed by atoms with van der Waals surface area (Å²) in [5, 5.41) is 33.9. The normalized spacial score (nSPS) is 32.4. The number of anilines is 1. The highest BCUT2D eigenvalue weighted by Crippen LogP contribution is 2.68. The van der Waals surface area contributed by atoms with Crippen LogP contribution in [-0.2, 0) is 50.6 Å². The first-order valence-electron chi connectivity index (χ1n) is 25.2. The monoisotopic (exact) mass is 1010 g/mol. The van der Waals surface area contributed by atoms with E-state index < -0.39 is 63.7 Å². The number of carbonyl (C=O) groups excluding carboxylic acids is 3. The lowest BCUT2D eigenvalue weighted by Gasteiger charge is -2.64. The number of H-pyrrole nitrogens is 1. The Kier molecular flexibility index (Phi) is 14.8. The number of aromatic nitrogens is 1. The van der Waals surface area contributed by atoms with Crippen LogP contribution in [0.5, 0.6) is 5.75 Å². The quantitative estimate of drug-likeness (QED) is 0.0801. The number of aromatic amines is 1. The average molecular weight is 1010 g/mol. The molecule has 6 heterocycles. The van der Waals surface area contributed by atoms with E-state index in [-0.39, 0.29) is 24.3 Å². The highest BCUT2D eigenvalue weighted by Gasteiger charge is 2.80. The molecule has 1 aliphatic carbocycles. The number of nitrogens with zero attached hydrogens (tertiary/aromatic N) is 3. The maximum Gasteiger partial charge on any atom is 0.490 e. The van der Waals surface area contributed by atoms with Gasteiger partial charge in [-0.2, -0.15) is 13.2 Å². The Hall–Kier alpha value is -5.05. The second-order valence-corrected chi connectivity index (χ2v) is 20.8. The maximum absolute atomic E-state index is 15.4. The minimum Gasteiger partial charge on any atom is -0.496 e. The average Bonchev–Trinajstić information content (AvgIpc) is 4.02. The molecule has 1 aromatic heterocycles. The van der Waals surface area contributed by atoms with Crippen molar-refractivity contribution in [2.45, 2.75) is 124 Å². The molecule has 5 aliphatic heterocycles. The summed E-state index contributed by atoms with van der Waals surface area (Å²) in [6.45, 7) is 7.70. The number of aliphatic carboxylic acids is 1. The number of methoxy groups -OCH3 is 3. The van der Waals surface area contributed by atoms with E-state index in [4.69, 9.17) is 34.6 Å². The van der Waals surface area contributed by atoms with Gasteiger partial charge in [-0.05, 0) is 93.6 Å². The van der Waals surface area contributed by atoms with Crippen molar-refractivity contribution in [1.82, 2.24) is 14.8 Å². The third-order valence-corrected chi connectivity index (χ3v) is 17.1. The number of carboxylic acid groups (broad SMARTS) is 1. The van der Waals surface area contributed by atoms with Gasteiger partial charge in [0.05, 0.1) is 33.0 Å². The topological polar surface area (TPSA) is 217 Å². The van der Waals surface area contributed by atoms with E-state index in [9.17, 15) is 33.0 Å². The van der Waals surface area contributed by atoms with E-state index in [0.29, 0.717) is 102 Å². The van der Waals surface area contributed by atoms with E-state index in [1.54, 1.807) is 7.11 Å². The summed E-state index contributed by atoms with van der Waals surface area (Å²) in [6, 6.07) is 11.1. The molecule has 9 rings (SSSR count). The number of ketones is 1. The number of carbonyl (C=O) groups is 4.